The Morgan fingerprint density at radius 3 is 2.26 bits per heavy atom. The highest BCUT2D eigenvalue weighted by atomic mass is 79.9. The Morgan fingerprint density at radius 1 is 1.00 bits per heavy atom. The van der Waals surface area contributed by atoms with Gasteiger partial charge in [0.05, 0.1) is 5.41 Å². The second-order valence-corrected chi connectivity index (χ2v) is 10.8. The van der Waals surface area contributed by atoms with Gasteiger partial charge in [-0.2, -0.15) is 0 Å². The fraction of sp³-hybridized carbons (Fsp3) is 0.478. The molecule has 0 saturated heterocycles. The minimum atomic E-state index is -0.163. The van der Waals surface area contributed by atoms with Crippen molar-refractivity contribution in [2.75, 3.05) is 5.32 Å². The number of nitrogens with zero attached hydrogens (tertiary/aromatic N) is 1. The molecule has 140 valence electrons. The maximum Gasteiger partial charge on any atom is 0.230 e. The first kappa shape index (κ1) is 17.4. The molecular weight excluding hydrogens is 400 g/mol. The monoisotopic (exact) mass is 424 g/mol. The lowest BCUT2D eigenvalue weighted by atomic mass is 9.49. The first-order valence-electron chi connectivity index (χ1n) is 10.0. The molecule has 4 aliphatic carbocycles. The molecule has 3 nitrogen and oxygen atoms in total. The van der Waals surface area contributed by atoms with Crippen molar-refractivity contribution in [2.24, 2.45) is 17.3 Å². The molecule has 0 spiro atoms. The van der Waals surface area contributed by atoms with E-state index in [1.165, 1.54) is 30.4 Å². The predicted octanol–water partition coefficient (Wildman–Crippen LogP) is 5.34. The standard InChI is InChI=1S/C23H25BrN2O/c24-23-13-18-10-19(14-23)12-22(11-18,15-23)21(27)26-20-3-1-16(2-4-20)9-17-5-7-25-8-6-17/h1-8,18-19H,9-15H2,(H,26,27)/t18-,19-,22?,23?/m1/s1. The van der Waals surface area contributed by atoms with Crippen LogP contribution in [0.1, 0.15) is 49.7 Å². The number of carbonyl (C=O) groups excluding carboxylic acids is 1. The topological polar surface area (TPSA) is 42.0 Å². The van der Waals surface area contributed by atoms with Crippen molar-refractivity contribution in [1.29, 1.82) is 0 Å². The predicted molar refractivity (Wildman–Crippen MR) is 111 cm³/mol. The van der Waals surface area contributed by atoms with Crippen LogP contribution in [0.25, 0.3) is 0 Å². The Bertz CT molecular complexity index is 834. The van der Waals surface area contributed by atoms with Crippen molar-refractivity contribution in [3.8, 4) is 0 Å². The minimum absolute atomic E-state index is 0.163. The van der Waals surface area contributed by atoms with E-state index in [1.807, 2.05) is 36.7 Å². The zero-order valence-electron chi connectivity index (χ0n) is 15.5. The molecule has 1 N–H and O–H groups in total. The quantitative estimate of drug-likeness (QED) is 0.672. The smallest absolute Gasteiger partial charge is 0.230 e. The highest BCUT2D eigenvalue weighted by molar-refractivity contribution is 9.10. The Labute approximate surface area is 169 Å². The highest BCUT2D eigenvalue weighted by Crippen LogP contribution is 2.64. The second-order valence-electron chi connectivity index (χ2n) is 9.08. The van der Waals surface area contributed by atoms with Gasteiger partial charge >= 0.3 is 0 Å². The number of hydrogen-bond donors (Lipinski definition) is 1. The normalized spacial score (nSPS) is 33.8. The van der Waals surface area contributed by atoms with Crippen LogP contribution < -0.4 is 5.32 Å². The van der Waals surface area contributed by atoms with Crippen LogP contribution in [0.3, 0.4) is 0 Å². The third-order valence-electron chi connectivity index (χ3n) is 6.84. The van der Waals surface area contributed by atoms with Crippen LogP contribution in [-0.4, -0.2) is 15.2 Å². The molecule has 4 saturated carbocycles. The van der Waals surface area contributed by atoms with Crippen LogP contribution in [0.4, 0.5) is 5.69 Å². The number of nitrogens with one attached hydrogen (secondary N) is 1. The van der Waals surface area contributed by atoms with Crippen molar-refractivity contribution in [3.63, 3.8) is 0 Å². The van der Waals surface area contributed by atoms with Gasteiger partial charge in [0, 0.05) is 22.4 Å². The summed E-state index contributed by atoms with van der Waals surface area (Å²) < 4.78 is 0.211. The molecule has 0 aliphatic heterocycles. The minimum Gasteiger partial charge on any atom is -0.326 e. The van der Waals surface area contributed by atoms with E-state index in [-0.39, 0.29) is 15.6 Å². The van der Waals surface area contributed by atoms with Crippen LogP contribution in [0, 0.1) is 17.3 Å². The number of carbonyl (C=O) groups is 1. The maximum atomic E-state index is 13.2. The number of amides is 1. The molecule has 1 aromatic heterocycles. The van der Waals surface area contributed by atoms with Crippen molar-refractivity contribution in [3.05, 3.63) is 59.9 Å². The van der Waals surface area contributed by atoms with E-state index < -0.39 is 0 Å². The number of hydrogen-bond acceptors (Lipinski definition) is 2. The lowest BCUT2D eigenvalue weighted by molar-refractivity contribution is -0.138. The molecule has 2 atom stereocenters. The van der Waals surface area contributed by atoms with E-state index in [0.717, 1.165) is 43.2 Å². The van der Waals surface area contributed by atoms with E-state index >= 15 is 0 Å². The number of anilines is 1. The Balaban J connectivity index is 1.29. The molecule has 1 heterocycles. The van der Waals surface area contributed by atoms with E-state index in [1.54, 1.807) is 0 Å². The number of alkyl halides is 1. The molecule has 4 fully saturated rings. The molecular formula is C23H25BrN2O. The van der Waals surface area contributed by atoms with E-state index in [9.17, 15) is 4.79 Å². The zero-order valence-corrected chi connectivity index (χ0v) is 17.0. The molecule has 4 bridgehead atoms. The molecule has 4 aliphatic rings. The average molecular weight is 425 g/mol. The summed E-state index contributed by atoms with van der Waals surface area (Å²) in [4.78, 5) is 17.3. The van der Waals surface area contributed by atoms with E-state index in [0.29, 0.717) is 0 Å². The van der Waals surface area contributed by atoms with Crippen molar-refractivity contribution >= 4 is 27.5 Å². The maximum absolute atomic E-state index is 13.2. The van der Waals surface area contributed by atoms with Gasteiger partial charge in [0.15, 0.2) is 0 Å². The fourth-order valence-electron chi connectivity index (χ4n) is 6.12. The van der Waals surface area contributed by atoms with Gasteiger partial charge in [0.25, 0.3) is 0 Å². The van der Waals surface area contributed by atoms with E-state index in [4.69, 9.17) is 0 Å². The molecule has 6 rings (SSSR count). The number of rotatable bonds is 4. The summed E-state index contributed by atoms with van der Waals surface area (Å²) in [7, 11) is 0. The van der Waals surface area contributed by atoms with Crippen molar-refractivity contribution < 1.29 is 4.79 Å². The summed E-state index contributed by atoms with van der Waals surface area (Å²) in [5.41, 5.74) is 3.24. The first-order chi connectivity index (χ1) is 13.0. The average Bonchev–Trinajstić information content (AvgIpc) is 2.62. The second kappa shape index (κ2) is 6.44. The lowest BCUT2D eigenvalue weighted by Gasteiger charge is -2.59. The third-order valence-corrected chi connectivity index (χ3v) is 7.77. The van der Waals surface area contributed by atoms with Crippen molar-refractivity contribution in [1.82, 2.24) is 4.98 Å². The molecule has 1 amide bonds. The molecule has 2 aromatic rings. The van der Waals surface area contributed by atoms with Gasteiger partial charge < -0.3 is 5.32 Å². The van der Waals surface area contributed by atoms with Gasteiger partial charge in [-0.15, -0.1) is 0 Å². The zero-order chi connectivity index (χ0) is 18.5. The van der Waals surface area contributed by atoms with Crippen LogP contribution >= 0.6 is 15.9 Å². The van der Waals surface area contributed by atoms with Gasteiger partial charge in [0.1, 0.15) is 0 Å². The number of pyridine rings is 1. The number of halogens is 1. The van der Waals surface area contributed by atoms with Crippen LogP contribution in [0.5, 0.6) is 0 Å². The summed E-state index contributed by atoms with van der Waals surface area (Å²) in [6.45, 7) is 0. The molecule has 27 heavy (non-hydrogen) atoms. The van der Waals surface area contributed by atoms with E-state index in [2.05, 4.69) is 38.4 Å². The summed E-state index contributed by atoms with van der Waals surface area (Å²) in [6.07, 6.45) is 11.5. The first-order valence-corrected chi connectivity index (χ1v) is 10.8. The third kappa shape index (κ3) is 3.33. The largest absolute Gasteiger partial charge is 0.326 e. The highest BCUT2D eigenvalue weighted by Gasteiger charge is 2.59. The van der Waals surface area contributed by atoms with Gasteiger partial charge in [0.2, 0.25) is 5.91 Å². The molecule has 0 unspecified atom stereocenters. The Kier molecular flexibility index (Phi) is 4.15. The van der Waals surface area contributed by atoms with Gasteiger partial charge in [-0.1, -0.05) is 28.1 Å². The number of aromatic nitrogens is 1. The van der Waals surface area contributed by atoms with Gasteiger partial charge in [-0.3, -0.25) is 9.78 Å². The number of benzene rings is 1. The molecule has 1 aromatic carbocycles. The Morgan fingerprint density at radius 2 is 1.63 bits per heavy atom. The SMILES string of the molecule is O=C(Nc1ccc(Cc2ccncc2)cc1)C12C[C@H]3C[C@@H](CC(Br)(C3)C1)C2. The summed E-state index contributed by atoms with van der Waals surface area (Å²) in [5, 5.41) is 3.24. The van der Waals surface area contributed by atoms with Gasteiger partial charge in [-0.25, -0.2) is 0 Å². The Hall–Kier alpha value is -1.68. The van der Waals surface area contributed by atoms with Crippen LogP contribution in [0.2, 0.25) is 0 Å². The fourth-order valence-corrected chi connectivity index (χ4v) is 7.57. The molecule has 4 heteroatoms. The van der Waals surface area contributed by atoms with Crippen molar-refractivity contribution in [2.45, 2.75) is 49.3 Å². The van der Waals surface area contributed by atoms with Gasteiger partial charge in [-0.05, 0) is 92.2 Å². The summed E-state index contributed by atoms with van der Waals surface area (Å²) in [5.74, 6) is 1.68. The van der Waals surface area contributed by atoms with Crippen LogP contribution in [0.15, 0.2) is 48.8 Å². The van der Waals surface area contributed by atoms with Crippen LogP contribution in [-0.2, 0) is 11.2 Å². The summed E-state index contributed by atoms with van der Waals surface area (Å²) in [6, 6.07) is 12.4. The lowest BCUT2D eigenvalue weighted by Crippen LogP contribution is -2.57. The molecule has 0 radical (unpaired) electrons. The summed E-state index contributed by atoms with van der Waals surface area (Å²) >= 11 is 4.00.